The van der Waals surface area contributed by atoms with Gasteiger partial charge in [0, 0.05) is 13.0 Å². The second kappa shape index (κ2) is 6.27. The quantitative estimate of drug-likeness (QED) is 0.574. The number of hydrogen-bond acceptors (Lipinski definition) is 2. The summed E-state index contributed by atoms with van der Waals surface area (Å²) in [6, 6.07) is 5.88. The molecule has 0 spiro atoms. The molecule has 0 radical (unpaired) electrons. The van der Waals surface area contributed by atoms with Crippen LogP contribution in [0.1, 0.15) is 36.8 Å². The fourth-order valence-electron chi connectivity index (χ4n) is 2.35. The Morgan fingerprint density at radius 1 is 1.40 bits per heavy atom. The maximum Gasteiger partial charge on any atom is 0.261 e. The first kappa shape index (κ1) is 15.5. The van der Waals surface area contributed by atoms with E-state index in [4.69, 9.17) is 21.1 Å². The molecule has 0 bridgehead atoms. The van der Waals surface area contributed by atoms with E-state index in [2.05, 4.69) is 0 Å². The number of halogens is 3. The predicted molar refractivity (Wildman–Crippen MR) is 74.9 cm³/mol. The van der Waals surface area contributed by atoms with Gasteiger partial charge in [0.1, 0.15) is 18.0 Å². The smallest absolute Gasteiger partial charge is 0.261 e. The van der Waals surface area contributed by atoms with Gasteiger partial charge in [-0.15, -0.1) is 11.6 Å². The van der Waals surface area contributed by atoms with Crippen LogP contribution in [0.2, 0.25) is 0 Å². The van der Waals surface area contributed by atoms with Crippen LogP contribution in [0.15, 0.2) is 18.2 Å². The number of ether oxygens (including phenoxy) is 2. The van der Waals surface area contributed by atoms with Crippen LogP contribution in [-0.2, 0) is 11.2 Å². The van der Waals surface area contributed by atoms with Crippen LogP contribution in [0.3, 0.4) is 0 Å². The molecule has 1 atom stereocenters. The summed E-state index contributed by atoms with van der Waals surface area (Å²) in [5.41, 5.74) is 1.95. The average molecular weight is 305 g/mol. The van der Waals surface area contributed by atoms with Crippen LogP contribution >= 0.6 is 11.6 Å². The number of rotatable bonds is 6. The zero-order chi connectivity index (χ0) is 14.8. The minimum absolute atomic E-state index is 0.177. The van der Waals surface area contributed by atoms with Crippen molar-refractivity contribution in [1.82, 2.24) is 0 Å². The Bertz CT molecular complexity index is 463. The van der Waals surface area contributed by atoms with E-state index < -0.39 is 13.0 Å². The average Bonchev–Trinajstić information content (AvgIpc) is 2.66. The molecule has 2 rings (SSSR count). The summed E-state index contributed by atoms with van der Waals surface area (Å²) in [7, 11) is 0. The molecule has 1 aliphatic heterocycles. The molecule has 5 heteroatoms. The van der Waals surface area contributed by atoms with Crippen molar-refractivity contribution in [3.63, 3.8) is 0 Å². The van der Waals surface area contributed by atoms with Crippen LogP contribution in [0.5, 0.6) is 5.75 Å². The molecule has 1 aromatic carbocycles. The van der Waals surface area contributed by atoms with Crippen molar-refractivity contribution in [2.24, 2.45) is 0 Å². The molecule has 0 amide bonds. The highest BCUT2D eigenvalue weighted by molar-refractivity contribution is 6.20. The fraction of sp³-hybridized carbons (Fsp3) is 0.600. The molecule has 1 heterocycles. The summed E-state index contributed by atoms with van der Waals surface area (Å²) in [6.45, 7) is 3.79. The van der Waals surface area contributed by atoms with E-state index in [0.29, 0.717) is 6.42 Å². The number of benzene rings is 1. The van der Waals surface area contributed by atoms with Gasteiger partial charge in [0.15, 0.2) is 0 Å². The van der Waals surface area contributed by atoms with E-state index in [1.807, 2.05) is 32.0 Å². The largest absolute Gasteiger partial charge is 0.487 e. The number of hydrogen-bond donors (Lipinski definition) is 0. The van der Waals surface area contributed by atoms with E-state index in [0.717, 1.165) is 23.3 Å². The van der Waals surface area contributed by atoms with Crippen molar-refractivity contribution in [2.45, 2.75) is 44.1 Å². The Balaban J connectivity index is 1.90. The van der Waals surface area contributed by atoms with Crippen molar-refractivity contribution in [2.75, 3.05) is 13.2 Å². The summed E-state index contributed by atoms with van der Waals surface area (Å²) in [4.78, 5) is 0. The van der Waals surface area contributed by atoms with E-state index in [9.17, 15) is 8.78 Å². The zero-order valence-corrected chi connectivity index (χ0v) is 12.4. The Hall–Kier alpha value is -0.870. The molecule has 0 aliphatic carbocycles. The minimum atomic E-state index is -2.43. The highest BCUT2D eigenvalue weighted by Gasteiger charge is 2.30. The third-order valence-electron chi connectivity index (χ3n) is 3.21. The van der Waals surface area contributed by atoms with Gasteiger partial charge in [0.2, 0.25) is 0 Å². The first-order chi connectivity index (χ1) is 9.37. The highest BCUT2D eigenvalue weighted by atomic mass is 35.5. The molecule has 0 fully saturated rings. The molecule has 1 unspecified atom stereocenters. The second-order valence-corrected chi connectivity index (χ2v) is 6.15. The van der Waals surface area contributed by atoms with Crippen molar-refractivity contribution < 1.29 is 18.3 Å². The second-order valence-electron chi connectivity index (χ2n) is 5.63. The monoisotopic (exact) mass is 304 g/mol. The first-order valence-electron chi connectivity index (χ1n) is 6.69. The summed E-state index contributed by atoms with van der Waals surface area (Å²) in [5, 5.41) is -0.235. The van der Waals surface area contributed by atoms with E-state index in [1.54, 1.807) is 0 Å². The van der Waals surface area contributed by atoms with Crippen LogP contribution in [0.25, 0.3) is 0 Å². The van der Waals surface area contributed by atoms with Crippen molar-refractivity contribution >= 4 is 11.6 Å². The predicted octanol–water partition coefficient (Wildman–Crippen LogP) is 4.35. The summed E-state index contributed by atoms with van der Waals surface area (Å²) in [6.07, 6.45) is -1.07. The minimum Gasteiger partial charge on any atom is -0.487 e. The van der Waals surface area contributed by atoms with Crippen molar-refractivity contribution in [1.29, 1.82) is 0 Å². The molecular weight excluding hydrogens is 286 g/mol. The van der Waals surface area contributed by atoms with E-state index in [-0.39, 0.29) is 17.6 Å². The molecule has 112 valence electrons. The van der Waals surface area contributed by atoms with Gasteiger partial charge in [-0.2, -0.15) is 0 Å². The molecule has 0 saturated heterocycles. The normalized spacial score (nSPS) is 17.9. The molecule has 1 aromatic rings. The first-order valence-corrected chi connectivity index (χ1v) is 7.13. The Labute approximate surface area is 123 Å². The summed E-state index contributed by atoms with van der Waals surface area (Å²) in [5.74, 6) is 0.900. The van der Waals surface area contributed by atoms with Gasteiger partial charge in [-0.05, 0) is 37.5 Å². The standard InChI is InChI=1S/C15H19ClF2O2/c1-15(2)8-11-7-10(3-4-13(11)20-15)12(16)5-6-19-9-14(17)18/h3-4,7,12,14H,5-6,8-9H2,1-2H3. The van der Waals surface area contributed by atoms with Gasteiger partial charge in [-0.3, -0.25) is 0 Å². The third kappa shape index (κ3) is 4.06. The lowest BCUT2D eigenvalue weighted by Crippen LogP contribution is -2.24. The SMILES string of the molecule is CC1(C)Cc2cc(C(Cl)CCOCC(F)F)ccc2O1. The zero-order valence-electron chi connectivity index (χ0n) is 11.7. The van der Waals surface area contributed by atoms with Gasteiger partial charge in [-0.1, -0.05) is 12.1 Å². The van der Waals surface area contributed by atoms with E-state index in [1.165, 1.54) is 0 Å². The molecule has 20 heavy (non-hydrogen) atoms. The highest BCUT2D eigenvalue weighted by Crippen LogP contribution is 2.37. The maximum atomic E-state index is 11.9. The number of alkyl halides is 3. The number of fused-ring (bicyclic) bond motifs is 1. The van der Waals surface area contributed by atoms with Crippen molar-refractivity contribution in [3.8, 4) is 5.75 Å². The van der Waals surface area contributed by atoms with Gasteiger partial charge in [-0.25, -0.2) is 8.78 Å². The molecule has 0 N–H and O–H groups in total. The lowest BCUT2D eigenvalue weighted by molar-refractivity contribution is 0.0165. The molecule has 1 aliphatic rings. The molecular formula is C15H19ClF2O2. The van der Waals surface area contributed by atoms with Crippen LogP contribution < -0.4 is 4.74 Å². The van der Waals surface area contributed by atoms with Crippen LogP contribution in [0, 0.1) is 0 Å². The van der Waals surface area contributed by atoms with Crippen molar-refractivity contribution in [3.05, 3.63) is 29.3 Å². The lowest BCUT2D eigenvalue weighted by atomic mass is 9.99. The summed E-state index contributed by atoms with van der Waals surface area (Å²) < 4.78 is 34.5. The maximum absolute atomic E-state index is 11.9. The van der Waals surface area contributed by atoms with Gasteiger partial charge in [0.25, 0.3) is 6.43 Å². The Kier molecular flexibility index (Phi) is 4.86. The van der Waals surface area contributed by atoms with Crippen LogP contribution in [0.4, 0.5) is 8.78 Å². The lowest BCUT2D eigenvalue weighted by Gasteiger charge is -2.16. The fourth-order valence-corrected chi connectivity index (χ4v) is 2.58. The van der Waals surface area contributed by atoms with Gasteiger partial charge in [0.05, 0.1) is 5.38 Å². The topological polar surface area (TPSA) is 18.5 Å². The third-order valence-corrected chi connectivity index (χ3v) is 3.68. The van der Waals surface area contributed by atoms with Crippen LogP contribution in [-0.4, -0.2) is 25.2 Å². The summed E-state index contributed by atoms with van der Waals surface area (Å²) >= 11 is 6.29. The molecule has 0 aromatic heterocycles. The molecule has 0 saturated carbocycles. The molecule has 2 nitrogen and oxygen atoms in total. The van der Waals surface area contributed by atoms with E-state index >= 15 is 0 Å². The van der Waals surface area contributed by atoms with Gasteiger partial charge < -0.3 is 9.47 Å². The Morgan fingerprint density at radius 3 is 2.85 bits per heavy atom. The van der Waals surface area contributed by atoms with Gasteiger partial charge >= 0.3 is 0 Å². The Morgan fingerprint density at radius 2 is 2.15 bits per heavy atom.